The van der Waals surface area contributed by atoms with Gasteiger partial charge in [-0.3, -0.25) is 0 Å². The summed E-state index contributed by atoms with van der Waals surface area (Å²) in [5.74, 6) is 0. The molecule has 5 aromatic carbocycles. The van der Waals surface area contributed by atoms with Gasteiger partial charge in [0, 0.05) is 48.6 Å². The number of hydrogen-bond donors (Lipinski definition) is 0. The van der Waals surface area contributed by atoms with Crippen molar-refractivity contribution in [1.82, 2.24) is 0 Å². The number of hydrogen-bond acceptors (Lipinski definition) is 2. The van der Waals surface area contributed by atoms with Gasteiger partial charge in [-0.15, -0.1) is 24.2 Å². The Kier molecular flexibility index (Phi) is 11.4. The van der Waals surface area contributed by atoms with E-state index < -0.39 is 5.41 Å². The van der Waals surface area contributed by atoms with E-state index in [-0.39, 0.29) is 5.41 Å². The predicted molar refractivity (Wildman–Crippen MR) is 259 cm³/mol. The van der Waals surface area contributed by atoms with Crippen molar-refractivity contribution in [1.29, 1.82) is 0 Å². The monoisotopic (exact) mass is 783 g/mol. The first-order valence-electron chi connectivity index (χ1n) is 20.4. The van der Waals surface area contributed by atoms with Gasteiger partial charge >= 0.3 is 0 Å². The Hall–Kier alpha value is -6.40. The second-order valence-electron chi connectivity index (χ2n) is 15.7. The molecule has 59 heavy (non-hydrogen) atoms. The lowest BCUT2D eigenvalue weighted by Gasteiger charge is -2.35. The van der Waals surface area contributed by atoms with Crippen molar-refractivity contribution < 1.29 is 0 Å². The van der Waals surface area contributed by atoms with Gasteiger partial charge < -0.3 is 4.90 Å². The van der Waals surface area contributed by atoms with Crippen LogP contribution in [0.4, 0.5) is 11.4 Å². The van der Waals surface area contributed by atoms with E-state index in [4.69, 9.17) is 0 Å². The molecule has 0 atom stereocenters. The largest absolute Gasteiger partial charge is 0.310 e. The van der Waals surface area contributed by atoms with E-state index in [9.17, 15) is 0 Å². The number of thiophene rings is 1. The molecule has 0 bridgehead atoms. The molecule has 0 N–H and O–H groups in total. The van der Waals surface area contributed by atoms with Gasteiger partial charge in [-0.2, -0.15) is 0 Å². The van der Waals surface area contributed by atoms with Crippen molar-refractivity contribution >= 4 is 50.0 Å². The van der Waals surface area contributed by atoms with Crippen LogP contribution in [0.15, 0.2) is 187 Å². The van der Waals surface area contributed by atoms with E-state index in [0.29, 0.717) is 0 Å². The zero-order chi connectivity index (χ0) is 42.1. The van der Waals surface area contributed by atoms with Gasteiger partial charge in [0.2, 0.25) is 0 Å². The molecule has 292 valence electrons. The summed E-state index contributed by atoms with van der Waals surface area (Å²) in [6.45, 7) is 24.6. The molecule has 0 saturated carbocycles. The predicted octanol–water partition coefficient (Wildman–Crippen LogP) is 15.8. The summed E-state index contributed by atoms with van der Waals surface area (Å²) >= 11 is 1.87. The lowest BCUT2D eigenvalue weighted by molar-refractivity contribution is 0.639. The van der Waals surface area contributed by atoms with Crippen LogP contribution in [0.5, 0.6) is 0 Å². The minimum atomic E-state index is -0.507. The van der Waals surface area contributed by atoms with Crippen LogP contribution >= 0.6 is 11.3 Å². The molecule has 2 heteroatoms. The fourth-order valence-corrected chi connectivity index (χ4v) is 10.9. The van der Waals surface area contributed by atoms with Gasteiger partial charge in [-0.1, -0.05) is 160 Å². The number of allylic oxidation sites excluding steroid dienone is 8. The van der Waals surface area contributed by atoms with Crippen LogP contribution in [0.25, 0.3) is 27.3 Å². The Bertz CT molecular complexity index is 2730. The highest BCUT2D eigenvalue weighted by Crippen LogP contribution is 2.59. The maximum absolute atomic E-state index is 4.60. The molecular formula is C57H53NS. The summed E-state index contributed by atoms with van der Waals surface area (Å²) < 4.78 is 1.26. The van der Waals surface area contributed by atoms with Gasteiger partial charge in [-0.05, 0) is 115 Å². The molecule has 0 spiro atoms. The molecule has 2 aliphatic rings. The Morgan fingerprint density at radius 1 is 0.695 bits per heavy atom. The van der Waals surface area contributed by atoms with E-state index >= 15 is 0 Å². The minimum absolute atomic E-state index is 0.111. The molecule has 0 amide bonds. The molecule has 0 fully saturated rings. The molecule has 0 saturated heterocycles. The van der Waals surface area contributed by atoms with Crippen molar-refractivity contribution in [3.05, 3.63) is 231 Å². The molecular weight excluding hydrogens is 731 g/mol. The lowest BCUT2D eigenvalue weighted by Crippen LogP contribution is -2.29. The quantitative estimate of drug-likeness (QED) is 0.0988. The van der Waals surface area contributed by atoms with E-state index in [2.05, 4.69) is 237 Å². The molecule has 6 aromatic rings. The molecule has 1 heterocycles. The molecule has 0 unspecified atom stereocenters. The van der Waals surface area contributed by atoms with Crippen LogP contribution in [0.1, 0.15) is 92.3 Å². The van der Waals surface area contributed by atoms with Gasteiger partial charge in [0.25, 0.3) is 0 Å². The van der Waals surface area contributed by atoms with Gasteiger partial charge in [0.1, 0.15) is 0 Å². The highest BCUT2D eigenvalue weighted by Gasteiger charge is 2.47. The summed E-state index contributed by atoms with van der Waals surface area (Å²) in [6, 6.07) is 45.1. The summed E-state index contributed by atoms with van der Waals surface area (Å²) in [7, 11) is 0. The van der Waals surface area contributed by atoms with Gasteiger partial charge in [-0.25, -0.2) is 0 Å². The van der Waals surface area contributed by atoms with Crippen LogP contribution in [0.3, 0.4) is 0 Å². The topological polar surface area (TPSA) is 3.24 Å². The zero-order valence-electron chi connectivity index (χ0n) is 35.4. The molecule has 0 radical (unpaired) electrons. The molecule has 8 rings (SSSR count). The highest BCUT2D eigenvalue weighted by molar-refractivity contribution is 7.20. The number of rotatable bonds is 10. The average molecular weight is 784 g/mol. The molecule has 2 aliphatic carbocycles. The molecule has 1 nitrogen and oxygen atoms in total. The van der Waals surface area contributed by atoms with Crippen molar-refractivity contribution in [3.8, 4) is 12.8 Å². The van der Waals surface area contributed by atoms with E-state index in [1.54, 1.807) is 0 Å². The number of fused-ring (bicyclic) bond motifs is 3. The van der Waals surface area contributed by atoms with Gasteiger partial charge in [0.15, 0.2) is 0 Å². The summed E-state index contributed by atoms with van der Waals surface area (Å²) in [4.78, 5) is 3.67. The number of benzene rings is 5. The zero-order valence-corrected chi connectivity index (χ0v) is 36.3. The average Bonchev–Trinajstić information content (AvgIpc) is 3.83. The first kappa shape index (κ1) is 40.8. The third kappa shape index (κ3) is 6.42. The fraction of sp³-hybridized carbons (Fsp3) is 0.158. The third-order valence-corrected chi connectivity index (χ3v) is 13.7. The first-order chi connectivity index (χ1) is 28.6. The molecule has 1 aromatic heterocycles. The van der Waals surface area contributed by atoms with Gasteiger partial charge in [0.05, 0.1) is 5.41 Å². The van der Waals surface area contributed by atoms with Crippen LogP contribution in [-0.4, -0.2) is 0 Å². The molecule has 0 aliphatic heterocycles. The van der Waals surface area contributed by atoms with Crippen molar-refractivity contribution in [2.45, 2.75) is 59.3 Å². The van der Waals surface area contributed by atoms with Crippen molar-refractivity contribution in [2.24, 2.45) is 0 Å². The van der Waals surface area contributed by atoms with E-state index in [1.807, 2.05) is 11.3 Å². The summed E-state index contributed by atoms with van der Waals surface area (Å²) in [5, 5.41) is 1.24. The second kappa shape index (κ2) is 16.5. The smallest absolute Gasteiger partial charge is 0.0674 e. The van der Waals surface area contributed by atoms with E-state index in [1.165, 1.54) is 76.2 Å². The Morgan fingerprint density at radius 2 is 1.31 bits per heavy atom. The minimum Gasteiger partial charge on any atom is -0.310 e. The van der Waals surface area contributed by atoms with Crippen LogP contribution in [-0.2, 0) is 10.8 Å². The number of nitrogens with zero attached hydrogens (tertiary/aromatic N) is 1. The standard InChI is InChI=1S/C55H51NS.C2H2/c1-10-22-36(5)50(13-4)56(42-30-32-45-44(23-11-2)37(6)54(8,9)49(45)35-42)41-31-33-48-47(34-41)52(53-43(12-3)46-28-20-21-29-51(46)57-53)38(7)55(48,39-24-16-14-17-25-39)40-26-18-15-19-27-40;1-2/h10-35H,3,5H2,1-2,4,6-9H3;1-2H/b22-10-,23-11-,50-13+;. The van der Waals surface area contributed by atoms with E-state index in [0.717, 1.165) is 22.6 Å². The Balaban J connectivity index is 0.00000260. The highest BCUT2D eigenvalue weighted by atomic mass is 32.1. The number of anilines is 2. The maximum Gasteiger partial charge on any atom is 0.0674 e. The normalized spacial score (nSPS) is 15.4. The van der Waals surface area contributed by atoms with Crippen molar-refractivity contribution in [3.63, 3.8) is 0 Å². The van der Waals surface area contributed by atoms with Crippen molar-refractivity contribution in [2.75, 3.05) is 4.90 Å². The lowest BCUT2D eigenvalue weighted by atomic mass is 9.67. The Labute approximate surface area is 356 Å². The first-order valence-corrected chi connectivity index (χ1v) is 21.2. The van der Waals surface area contributed by atoms with Crippen LogP contribution < -0.4 is 4.90 Å². The Morgan fingerprint density at radius 3 is 1.92 bits per heavy atom. The number of terminal acetylenes is 1. The third-order valence-electron chi connectivity index (χ3n) is 12.5. The van der Waals surface area contributed by atoms with Crippen LogP contribution in [0.2, 0.25) is 0 Å². The maximum atomic E-state index is 4.60. The van der Waals surface area contributed by atoms with Crippen LogP contribution in [0, 0.1) is 12.8 Å². The fourth-order valence-electron chi connectivity index (χ4n) is 9.55. The second-order valence-corrected chi connectivity index (χ2v) is 16.7. The summed E-state index contributed by atoms with van der Waals surface area (Å²) in [6.07, 6.45) is 20.9. The SMILES string of the molecule is C#C.C=Cc1c(C2=C(C)C(c3ccccc3)(c3ccccc3)c3ccc(N(/C(=C/C)C(=C)/C=C\C)c4ccc5c(c4)C(C)(C)C(C)=C5/C=C\C)cc32)sc2ccccc12. The summed E-state index contributed by atoms with van der Waals surface area (Å²) in [5.41, 5.74) is 17.8.